The Kier molecular flexibility index (Phi) is 6.81. The number of hydrogen-bond acceptors (Lipinski definition) is 7. The van der Waals surface area contributed by atoms with Crippen LogP contribution in [0.25, 0.3) is 16.8 Å². The van der Waals surface area contributed by atoms with E-state index >= 15 is 0 Å². The van der Waals surface area contributed by atoms with E-state index < -0.39 is 13.3 Å². The van der Waals surface area contributed by atoms with E-state index in [-0.39, 0.29) is 5.91 Å². The minimum atomic E-state index is -0.906. The quantitative estimate of drug-likeness (QED) is 0.294. The monoisotopic (exact) mass is 589 g/mol. The molecular formula is C32H25BClN5O4. The molecule has 5 aromatic rings. The van der Waals surface area contributed by atoms with Crippen molar-refractivity contribution in [2.24, 2.45) is 4.99 Å². The van der Waals surface area contributed by atoms with Crippen molar-refractivity contribution in [3.8, 4) is 22.6 Å². The topological polar surface area (TPSA) is 111 Å². The molecule has 9 nitrogen and oxygen atoms in total. The molecule has 4 aromatic carbocycles. The number of halogens is 1. The number of aryl methyl sites for hydroxylation is 1. The van der Waals surface area contributed by atoms with Crippen molar-refractivity contribution >= 4 is 35.8 Å². The van der Waals surface area contributed by atoms with Gasteiger partial charge in [0.25, 0.3) is 5.91 Å². The van der Waals surface area contributed by atoms with Crippen molar-refractivity contribution in [2.45, 2.75) is 19.7 Å². The molecule has 1 aromatic heterocycles. The third-order valence-corrected chi connectivity index (χ3v) is 7.95. The summed E-state index contributed by atoms with van der Waals surface area (Å²) in [4.78, 5) is 18.9. The Morgan fingerprint density at radius 3 is 2.63 bits per heavy atom. The molecule has 0 unspecified atom stereocenters. The van der Waals surface area contributed by atoms with Crippen molar-refractivity contribution in [3.05, 3.63) is 124 Å². The van der Waals surface area contributed by atoms with Crippen LogP contribution in [0.15, 0.2) is 89.9 Å². The standard InChI is InChI=1S/C32H25BClN5O4/c1-18-37-38-31-30(35-29(19-6-9-24(34)10-7-19)26-16-25(42-2)11-13-28(26)39(18)31)36-32(40)22-5-3-4-20(14-22)21-8-12-27-23(15-21)17-43-33(27)41/h3-16,30,41H,17H2,1-2H3,(H,36,40)/t30-/m0/s1. The molecule has 0 spiro atoms. The summed E-state index contributed by atoms with van der Waals surface area (Å²) >= 11 is 6.21. The molecule has 212 valence electrons. The van der Waals surface area contributed by atoms with E-state index in [1.165, 1.54) is 0 Å². The zero-order chi connectivity index (χ0) is 29.7. The first kappa shape index (κ1) is 27.1. The SMILES string of the molecule is COc1ccc2c(c1)C(c1ccc(Cl)cc1)=N[C@@H](NC(=O)c1cccc(-c3ccc4c(c3)COB4O)c1)c1nnc(C)n1-2. The van der Waals surface area contributed by atoms with E-state index in [1.54, 1.807) is 25.3 Å². The van der Waals surface area contributed by atoms with Crippen LogP contribution in [0.3, 0.4) is 0 Å². The minimum absolute atomic E-state index is 0.318. The van der Waals surface area contributed by atoms with Gasteiger partial charge in [-0.15, -0.1) is 10.2 Å². The average Bonchev–Trinajstić information content (AvgIpc) is 3.57. The molecule has 11 heteroatoms. The molecule has 0 fully saturated rings. The molecule has 0 saturated carbocycles. The van der Waals surface area contributed by atoms with Crippen LogP contribution in [-0.4, -0.2) is 45.6 Å². The molecule has 2 N–H and O–H groups in total. The van der Waals surface area contributed by atoms with Crippen molar-refractivity contribution in [1.82, 2.24) is 20.1 Å². The van der Waals surface area contributed by atoms with Gasteiger partial charge in [-0.05, 0) is 77.6 Å². The highest BCUT2D eigenvalue weighted by Crippen LogP contribution is 2.33. The van der Waals surface area contributed by atoms with Crippen LogP contribution in [0.2, 0.25) is 5.02 Å². The summed E-state index contributed by atoms with van der Waals surface area (Å²) in [5.41, 5.74) is 7.02. The number of nitrogens with zero attached hydrogens (tertiary/aromatic N) is 4. The maximum absolute atomic E-state index is 13.8. The van der Waals surface area contributed by atoms with Crippen molar-refractivity contribution in [2.75, 3.05) is 7.11 Å². The number of ether oxygens (including phenoxy) is 1. The van der Waals surface area contributed by atoms with Gasteiger partial charge in [0.05, 0.1) is 25.1 Å². The van der Waals surface area contributed by atoms with Crippen LogP contribution in [0, 0.1) is 6.92 Å². The smallest absolute Gasteiger partial charge is 0.491 e. The van der Waals surface area contributed by atoms with Gasteiger partial charge in [-0.1, -0.05) is 48.0 Å². The maximum atomic E-state index is 13.8. The maximum Gasteiger partial charge on any atom is 0.491 e. The fraction of sp³-hybridized carbons (Fsp3) is 0.125. The first-order chi connectivity index (χ1) is 20.9. The second-order valence-corrected chi connectivity index (χ2v) is 10.8. The number of hydrogen-bond donors (Lipinski definition) is 2. The molecule has 2 aliphatic rings. The fourth-order valence-electron chi connectivity index (χ4n) is 5.53. The number of carbonyl (C=O) groups is 1. The van der Waals surface area contributed by atoms with Crippen molar-refractivity contribution < 1.29 is 19.2 Å². The van der Waals surface area contributed by atoms with E-state index in [0.29, 0.717) is 40.3 Å². The number of nitrogens with one attached hydrogen (secondary N) is 1. The van der Waals surface area contributed by atoms with Gasteiger partial charge in [0.2, 0.25) is 0 Å². The summed E-state index contributed by atoms with van der Waals surface area (Å²) in [7, 11) is 0.710. The van der Waals surface area contributed by atoms with Crippen LogP contribution in [0.5, 0.6) is 5.75 Å². The Morgan fingerprint density at radius 2 is 1.81 bits per heavy atom. The molecule has 7 rings (SSSR count). The summed E-state index contributed by atoms with van der Waals surface area (Å²) in [6, 6.07) is 26.3. The number of rotatable bonds is 5. The van der Waals surface area contributed by atoms with Crippen LogP contribution >= 0.6 is 11.6 Å². The van der Waals surface area contributed by atoms with E-state index in [9.17, 15) is 9.82 Å². The lowest BCUT2D eigenvalue weighted by molar-refractivity contribution is 0.0936. The molecule has 1 atom stereocenters. The fourth-order valence-corrected chi connectivity index (χ4v) is 5.65. The summed E-state index contributed by atoms with van der Waals surface area (Å²) < 4.78 is 12.8. The predicted molar refractivity (Wildman–Crippen MR) is 164 cm³/mol. The van der Waals surface area contributed by atoms with E-state index in [4.69, 9.17) is 26.0 Å². The van der Waals surface area contributed by atoms with Crippen molar-refractivity contribution in [3.63, 3.8) is 0 Å². The lowest BCUT2D eigenvalue weighted by Crippen LogP contribution is -2.29. The number of fused-ring (bicyclic) bond motifs is 4. The molecule has 0 radical (unpaired) electrons. The highest BCUT2D eigenvalue weighted by atomic mass is 35.5. The van der Waals surface area contributed by atoms with E-state index in [2.05, 4.69) is 15.5 Å². The van der Waals surface area contributed by atoms with Crippen molar-refractivity contribution in [1.29, 1.82) is 0 Å². The molecule has 0 aliphatic carbocycles. The van der Waals surface area contributed by atoms with Gasteiger partial charge in [-0.3, -0.25) is 14.4 Å². The molecule has 3 heterocycles. The first-order valence-electron chi connectivity index (χ1n) is 13.7. The highest BCUT2D eigenvalue weighted by Gasteiger charge is 2.30. The lowest BCUT2D eigenvalue weighted by atomic mass is 9.79. The zero-order valence-electron chi connectivity index (χ0n) is 23.3. The number of methoxy groups -OCH3 is 1. The zero-order valence-corrected chi connectivity index (χ0v) is 24.0. The number of aromatic nitrogens is 3. The van der Waals surface area contributed by atoms with Crippen LogP contribution < -0.4 is 15.5 Å². The third kappa shape index (κ3) is 4.89. The normalized spacial score (nSPS) is 15.2. The molecule has 2 aliphatic heterocycles. The Hall–Kier alpha value is -4.77. The lowest BCUT2D eigenvalue weighted by Gasteiger charge is -2.15. The van der Waals surface area contributed by atoms with Gasteiger partial charge in [0, 0.05) is 21.7 Å². The van der Waals surface area contributed by atoms with Gasteiger partial charge < -0.3 is 19.7 Å². The van der Waals surface area contributed by atoms with E-state index in [0.717, 1.165) is 39.0 Å². The number of amides is 1. The second-order valence-electron chi connectivity index (χ2n) is 10.3. The Morgan fingerprint density at radius 1 is 1.02 bits per heavy atom. The highest BCUT2D eigenvalue weighted by molar-refractivity contribution is 6.61. The van der Waals surface area contributed by atoms with Crippen LogP contribution in [0.4, 0.5) is 0 Å². The summed E-state index contributed by atoms with van der Waals surface area (Å²) in [5, 5.41) is 22.4. The van der Waals surface area contributed by atoms with Crippen LogP contribution in [-0.2, 0) is 11.3 Å². The van der Waals surface area contributed by atoms with E-state index in [1.807, 2.05) is 78.2 Å². The Labute approximate surface area is 252 Å². The molecule has 0 saturated heterocycles. The molecule has 1 amide bonds. The van der Waals surface area contributed by atoms with Gasteiger partial charge in [0.15, 0.2) is 12.0 Å². The average molecular weight is 590 g/mol. The predicted octanol–water partition coefficient (Wildman–Crippen LogP) is 4.40. The van der Waals surface area contributed by atoms with Crippen LogP contribution in [0.1, 0.15) is 44.9 Å². The number of aliphatic imine (C=N–C) groups is 1. The summed E-state index contributed by atoms with van der Waals surface area (Å²) in [5.74, 6) is 1.48. The summed E-state index contributed by atoms with van der Waals surface area (Å²) in [6.07, 6.45) is -0.847. The second kappa shape index (κ2) is 10.8. The molecule has 0 bridgehead atoms. The minimum Gasteiger partial charge on any atom is -0.497 e. The summed E-state index contributed by atoms with van der Waals surface area (Å²) in [6.45, 7) is 2.20. The Bertz CT molecular complexity index is 1920. The number of carbonyl (C=O) groups excluding carboxylic acids is 1. The van der Waals surface area contributed by atoms with Gasteiger partial charge in [-0.2, -0.15) is 0 Å². The molecule has 43 heavy (non-hydrogen) atoms. The number of benzene rings is 4. The van der Waals surface area contributed by atoms with Gasteiger partial charge in [-0.25, -0.2) is 0 Å². The molecular weight excluding hydrogens is 565 g/mol. The first-order valence-corrected chi connectivity index (χ1v) is 14.1. The van der Waals surface area contributed by atoms with Gasteiger partial charge >= 0.3 is 7.12 Å². The largest absolute Gasteiger partial charge is 0.497 e. The third-order valence-electron chi connectivity index (χ3n) is 7.70. The van der Waals surface area contributed by atoms with Gasteiger partial charge in [0.1, 0.15) is 11.6 Å². The Balaban J connectivity index is 1.29.